The smallest absolute Gasteiger partial charge is 0.266 e. The number of nitrogens with zero attached hydrogens (tertiary/aromatic N) is 4. The van der Waals surface area contributed by atoms with Gasteiger partial charge >= 0.3 is 0 Å². The molecular formula is C39H46N6O3. The number of rotatable bonds is 10. The summed E-state index contributed by atoms with van der Waals surface area (Å²) >= 11 is 0. The average molecular weight is 647 g/mol. The Balaban J connectivity index is 1.10. The third-order valence-corrected chi connectivity index (χ3v) is 9.95. The number of piperazine rings is 1. The van der Waals surface area contributed by atoms with Crippen molar-refractivity contribution in [3.8, 4) is 16.9 Å². The van der Waals surface area contributed by atoms with Gasteiger partial charge in [-0.25, -0.2) is 0 Å². The van der Waals surface area contributed by atoms with E-state index in [-0.39, 0.29) is 23.7 Å². The zero-order valence-electron chi connectivity index (χ0n) is 28.0. The lowest BCUT2D eigenvalue weighted by molar-refractivity contribution is -0.146. The molecule has 2 unspecified atom stereocenters. The van der Waals surface area contributed by atoms with Gasteiger partial charge in [0.15, 0.2) is 5.60 Å². The summed E-state index contributed by atoms with van der Waals surface area (Å²) in [5.74, 6) is 0.949. The zero-order chi connectivity index (χ0) is 33.1. The number of carbonyl (C=O) groups excluding carboxylic acids is 2. The number of hydrogen-bond acceptors (Lipinski definition) is 6. The van der Waals surface area contributed by atoms with E-state index in [0.29, 0.717) is 38.0 Å². The summed E-state index contributed by atoms with van der Waals surface area (Å²) in [7, 11) is 0. The highest BCUT2D eigenvalue weighted by atomic mass is 16.5. The molecule has 0 bridgehead atoms. The molecule has 2 saturated heterocycles. The summed E-state index contributed by atoms with van der Waals surface area (Å²) in [6, 6.07) is 27.4. The summed E-state index contributed by atoms with van der Waals surface area (Å²) in [4.78, 5) is 34.2. The van der Waals surface area contributed by atoms with Crippen molar-refractivity contribution >= 4 is 17.5 Å². The number of carbonyl (C=O) groups is 2. The molecule has 3 fully saturated rings. The molecule has 7 rings (SSSR count). The van der Waals surface area contributed by atoms with E-state index in [1.54, 1.807) is 0 Å². The fraction of sp³-hybridized carbons (Fsp3) is 0.410. The summed E-state index contributed by atoms with van der Waals surface area (Å²) < 4.78 is 6.39. The number of aromatic nitrogens is 2. The van der Waals surface area contributed by atoms with Crippen LogP contribution in [0.3, 0.4) is 0 Å². The van der Waals surface area contributed by atoms with Crippen LogP contribution in [0.15, 0.2) is 91.3 Å². The van der Waals surface area contributed by atoms with Gasteiger partial charge in [0.05, 0.1) is 12.1 Å². The van der Waals surface area contributed by atoms with E-state index in [1.165, 1.54) is 5.56 Å². The zero-order valence-corrected chi connectivity index (χ0v) is 28.0. The topological polar surface area (TPSA) is 93.8 Å². The molecule has 1 aromatic heterocycles. The first kappa shape index (κ1) is 31.9. The molecular weight excluding hydrogens is 600 g/mol. The molecule has 48 heavy (non-hydrogen) atoms. The van der Waals surface area contributed by atoms with Gasteiger partial charge in [0.25, 0.3) is 5.91 Å². The minimum absolute atomic E-state index is 0.00142. The Morgan fingerprint density at radius 2 is 1.71 bits per heavy atom. The Kier molecular flexibility index (Phi) is 9.21. The van der Waals surface area contributed by atoms with Crippen LogP contribution in [0.1, 0.15) is 50.2 Å². The van der Waals surface area contributed by atoms with E-state index in [0.717, 1.165) is 61.3 Å². The highest BCUT2D eigenvalue weighted by Crippen LogP contribution is 2.38. The molecule has 4 aromatic rings. The first-order chi connectivity index (χ1) is 23.3. The average Bonchev–Trinajstić information content (AvgIpc) is 3.82. The minimum Gasteiger partial charge on any atom is -0.478 e. The van der Waals surface area contributed by atoms with Crippen molar-refractivity contribution in [3.05, 3.63) is 102 Å². The summed E-state index contributed by atoms with van der Waals surface area (Å²) in [6.45, 7) is 8.72. The van der Waals surface area contributed by atoms with Crippen LogP contribution in [0.5, 0.6) is 5.75 Å². The molecule has 3 aromatic carbocycles. The molecule has 3 aliphatic rings. The quantitative estimate of drug-likeness (QED) is 0.238. The molecule has 250 valence electrons. The van der Waals surface area contributed by atoms with Crippen molar-refractivity contribution in [2.24, 2.45) is 5.92 Å². The van der Waals surface area contributed by atoms with Gasteiger partial charge in [-0.15, -0.1) is 0 Å². The highest BCUT2D eigenvalue weighted by Gasteiger charge is 2.40. The summed E-state index contributed by atoms with van der Waals surface area (Å²) in [6.07, 6.45) is 6.63. The second kappa shape index (κ2) is 13.8. The van der Waals surface area contributed by atoms with Gasteiger partial charge in [0, 0.05) is 81.3 Å². The van der Waals surface area contributed by atoms with E-state index >= 15 is 0 Å². The molecule has 2 N–H and O–H groups in total. The number of H-pyrrole nitrogens is 1. The van der Waals surface area contributed by atoms with Crippen molar-refractivity contribution in [2.75, 3.05) is 44.2 Å². The van der Waals surface area contributed by atoms with Crippen LogP contribution in [-0.2, 0) is 16.1 Å². The predicted molar refractivity (Wildman–Crippen MR) is 188 cm³/mol. The lowest BCUT2D eigenvalue weighted by Gasteiger charge is -2.41. The number of aromatic amines is 1. The summed E-state index contributed by atoms with van der Waals surface area (Å²) in [5.41, 5.74) is 4.55. The minimum atomic E-state index is -0.996. The number of ether oxygens (including phenoxy) is 1. The van der Waals surface area contributed by atoms with Crippen LogP contribution in [0.2, 0.25) is 0 Å². The van der Waals surface area contributed by atoms with Crippen molar-refractivity contribution in [1.29, 1.82) is 0 Å². The van der Waals surface area contributed by atoms with Gasteiger partial charge in [-0.1, -0.05) is 60.7 Å². The number of piperidine rings is 1. The van der Waals surface area contributed by atoms with Crippen LogP contribution in [0, 0.1) is 5.92 Å². The largest absolute Gasteiger partial charge is 0.478 e. The SMILES string of the molecule is CC(C)(Oc1cccc(N2CC(C(=O)N(Cc3ccc(-c4cn[nH]c4)cc3)C3CC3)CC(c3ccccc3)C2)c1)C(=O)N1CCNCC1. The molecule has 2 amide bonds. The molecule has 0 radical (unpaired) electrons. The second-order valence-electron chi connectivity index (χ2n) is 14.0. The molecule has 2 atom stereocenters. The van der Waals surface area contributed by atoms with Crippen molar-refractivity contribution in [3.63, 3.8) is 0 Å². The monoisotopic (exact) mass is 646 g/mol. The summed E-state index contributed by atoms with van der Waals surface area (Å²) in [5, 5.41) is 10.3. The molecule has 2 aliphatic heterocycles. The van der Waals surface area contributed by atoms with Crippen molar-refractivity contribution < 1.29 is 14.3 Å². The normalized spacial score (nSPS) is 20.0. The van der Waals surface area contributed by atoms with E-state index in [4.69, 9.17) is 4.74 Å². The van der Waals surface area contributed by atoms with E-state index in [1.807, 2.05) is 55.4 Å². The number of benzene rings is 3. The maximum absolute atomic E-state index is 14.5. The fourth-order valence-electron chi connectivity index (χ4n) is 7.20. The van der Waals surface area contributed by atoms with Crippen LogP contribution in [0.4, 0.5) is 5.69 Å². The van der Waals surface area contributed by atoms with Gasteiger partial charge in [-0.2, -0.15) is 5.10 Å². The van der Waals surface area contributed by atoms with Crippen LogP contribution in [-0.4, -0.2) is 82.7 Å². The van der Waals surface area contributed by atoms with Crippen LogP contribution in [0.25, 0.3) is 11.1 Å². The maximum Gasteiger partial charge on any atom is 0.266 e. The van der Waals surface area contributed by atoms with Gasteiger partial charge < -0.3 is 24.8 Å². The molecule has 9 nitrogen and oxygen atoms in total. The van der Waals surface area contributed by atoms with Crippen LogP contribution >= 0.6 is 0 Å². The van der Waals surface area contributed by atoms with Crippen molar-refractivity contribution in [2.45, 2.75) is 57.2 Å². The van der Waals surface area contributed by atoms with Crippen molar-refractivity contribution in [1.82, 2.24) is 25.3 Å². The third kappa shape index (κ3) is 7.26. The Morgan fingerprint density at radius 1 is 0.938 bits per heavy atom. The third-order valence-electron chi connectivity index (χ3n) is 9.95. The highest BCUT2D eigenvalue weighted by molar-refractivity contribution is 5.85. The van der Waals surface area contributed by atoms with E-state index < -0.39 is 5.60 Å². The van der Waals surface area contributed by atoms with Gasteiger partial charge in [-0.3, -0.25) is 14.7 Å². The first-order valence-corrected chi connectivity index (χ1v) is 17.3. The van der Waals surface area contributed by atoms with Gasteiger partial charge in [0.1, 0.15) is 5.75 Å². The first-order valence-electron chi connectivity index (χ1n) is 17.3. The molecule has 1 aliphatic carbocycles. The lowest BCUT2D eigenvalue weighted by Crippen LogP contribution is -2.54. The molecule has 9 heteroatoms. The number of nitrogens with one attached hydrogen (secondary N) is 2. The lowest BCUT2D eigenvalue weighted by atomic mass is 9.83. The van der Waals surface area contributed by atoms with Crippen LogP contribution < -0.4 is 15.0 Å². The van der Waals surface area contributed by atoms with E-state index in [9.17, 15) is 9.59 Å². The number of hydrogen-bond donors (Lipinski definition) is 2. The fourth-order valence-corrected chi connectivity index (χ4v) is 7.20. The maximum atomic E-state index is 14.5. The molecule has 0 spiro atoms. The Bertz CT molecular complexity index is 1680. The van der Waals surface area contributed by atoms with Gasteiger partial charge in [-0.05, 0) is 61.9 Å². The van der Waals surface area contributed by atoms with E-state index in [2.05, 4.69) is 79.9 Å². The Hall–Kier alpha value is -4.63. The number of amides is 2. The standard InChI is InChI=1S/C39H46N6O3/c1-39(2,38(47)43-19-17-40-18-20-43)48-36-10-6-9-35(22-36)44-26-31(29-7-4-3-5-8-29)21-32(27-44)37(46)45(34-15-16-34)25-28-11-13-30(14-12-28)33-23-41-42-24-33/h3-14,22-24,31-32,34,40H,15-21,25-27H2,1-2H3,(H,41,42). The second-order valence-corrected chi connectivity index (χ2v) is 14.0. The Labute approximate surface area is 283 Å². The van der Waals surface area contributed by atoms with Gasteiger partial charge in [0.2, 0.25) is 5.91 Å². The number of anilines is 1. The predicted octanol–water partition coefficient (Wildman–Crippen LogP) is 5.47. The Morgan fingerprint density at radius 3 is 2.42 bits per heavy atom. The molecule has 3 heterocycles. The molecule has 1 saturated carbocycles.